The van der Waals surface area contributed by atoms with Gasteiger partial charge in [0.05, 0.1) is 24.4 Å². The predicted molar refractivity (Wildman–Crippen MR) is 168 cm³/mol. The SMILES string of the molecule is CCOC(C)(C)[C@H]1O[C@@]23OC1C[C@@H](C)[C@@H]2[C@@]1(C)CC[C@@]24C[C@@]25CC[C@H](O[C@@H]2OC[C@@H](O)[C@H](O)[C@H]2O)C(C)(C)[C@@H]5CC[C@H]4[C@]1(C)[C@H]3O. The molecule has 5 aliphatic carbocycles. The highest BCUT2D eigenvalue weighted by molar-refractivity contribution is 5.34. The first kappa shape index (κ1) is 32.8. The van der Waals surface area contributed by atoms with E-state index in [9.17, 15) is 20.4 Å². The highest BCUT2D eigenvalue weighted by Gasteiger charge is 2.88. The van der Waals surface area contributed by atoms with Crippen LogP contribution in [-0.4, -0.2) is 94.0 Å². The Morgan fingerprint density at radius 1 is 0.870 bits per heavy atom. The normalized spacial score (nSPS) is 60.0. The molecule has 0 aromatic rings. The summed E-state index contributed by atoms with van der Waals surface area (Å²) in [6.07, 6.45) is 2.71. The van der Waals surface area contributed by atoms with Crippen molar-refractivity contribution in [3.8, 4) is 0 Å². The van der Waals surface area contributed by atoms with E-state index in [0.29, 0.717) is 24.4 Å². The van der Waals surface area contributed by atoms with E-state index in [2.05, 4.69) is 48.5 Å². The molecule has 1 unspecified atom stereocenters. The maximum atomic E-state index is 12.8. The molecule has 3 spiro atoms. The van der Waals surface area contributed by atoms with Crippen molar-refractivity contribution >= 4 is 0 Å². The summed E-state index contributed by atoms with van der Waals surface area (Å²) in [5, 5.41) is 43.7. The zero-order valence-electron chi connectivity index (χ0n) is 29.3. The first-order valence-corrected chi connectivity index (χ1v) is 18.5. The van der Waals surface area contributed by atoms with E-state index in [1.807, 2.05) is 6.92 Å². The molecule has 8 fully saturated rings. The summed E-state index contributed by atoms with van der Waals surface area (Å²) in [6, 6.07) is 0. The molecule has 9 nitrogen and oxygen atoms in total. The van der Waals surface area contributed by atoms with Gasteiger partial charge in [0.15, 0.2) is 12.1 Å². The van der Waals surface area contributed by atoms with Crippen LogP contribution in [0.2, 0.25) is 0 Å². The van der Waals surface area contributed by atoms with E-state index in [0.717, 1.165) is 38.5 Å². The van der Waals surface area contributed by atoms with Gasteiger partial charge in [0.1, 0.15) is 30.5 Å². The molecule has 3 saturated heterocycles. The molecule has 17 atom stereocenters. The van der Waals surface area contributed by atoms with Crippen LogP contribution in [0.5, 0.6) is 0 Å². The van der Waals surface area contributed by atoms with Crippen LogP contribution in [0.4, 0.5) is 0 Å². The van der Waals surface area contributed by atoms with E-state index >= 15 is 0 Å². The highest BCUT2D eigenvalue weighted by Crippen LogP contribution is 2.90. The van der Waals surface area contributed by atoms with Crippen LogP contribution in [0.1, 0.15) is 107 Å². The molecule has 0 aromatic heterocycles. The molecule has 8 aliphatic rings. The summed E-state index contributed by atoms with van der Waals surface area (Å²) in [7, 11) is 0. The standard InChI is InChI=1S/C37H60O9/c1-9-43-32(5,6)28-21-16-19(2)27-33(7)14-15-36-18-35(36)13-12-24(44-29-26(40)25(39)20(38)17-42-29)31(3,4)22(35)10-11-23(36)34(33,8)30(41)37(27,45-21)46-28/h19-30,38-41H,9-18H2,1-8H3/t19-,20-,21?,22+,23+,24+,25+,26-,27-,28+,29+,30-,33-,34-,35-,36+,37+/m1/s1. The summed E-state index contributed by atoms with van der Waals surface area (Å²) in [5.74, 6) is 0.343. The van der Waals surface area contributed by atoms with Crippen molar-refractivity contribution in [2.45, 2.75) is 167 Å². The fraction of sp³-hybridized carbons (Fsp3) is 1.00. The number of hydrogen-bond acceptors (Lipinski definition) is 9. The maximum absolute atomic E-state index is 12.8. The Labute approximate surface area is 275 Å². The fourth-order valence-electron chi connectivity index (χ4n) is 14.4. The molecule has 0 amide bonds. The third-order valence-corrected chi connectivity index (χ3v) is 16.4. The molecule has 46 heavy (non-hydrogen) atoms. The topological polar surface area (TPSA) is 127 Å². The lowest BCUT2D eigenvalue weighted by Gasteiger charge is -2.63. The van der Waals surface area contributed by atoms with Gasteiger partial charge in [-0.2, -0.15) is 0 Å². The average molecular weight is 649 g/mol. The monoisotopic (exact) mass is 648 g/mol. The third-order valence-electron chi connectivity index (χ3n) is 16.4. The first-order valence-electron chi connectivity index (χ1n) is 18.5. The van der Waals surface area contributed by atoms with E-state index in [4.69, 9.17) is 23.7 Å². The minimum Gasteiger partial charge on any atom is -0.388 e. The second kappa shape index (κ2) is 9.91. The van der Waals surface area contributed by atoms with Gasteiger partial charge in [0.2, 0.25) is 0 Å². The summed E-state index contributed by atoms with van der Waals surface area (Å²) >= 11 is 0. The van der Waals surface area contributed by atoms with Crippen LogP contribution in [0.3, 0.4) is 0 Å². The number of hydrogen-bond donors (Lipinski definition) is 4. The second-order valence-corrected chi connectivity index (χ2v) is 18.7. The van der Waals surface area contributed by atoms with Gasteiger partial charge in [-0.25, -0.2) is 0 Å². The molecule has 9 heteroatoms. The van der Waals surface area contributed by atoms with Crippen LogP contribution < -0.4 is 0 Å². The zero-order chi connectivity index (χ0) is 33.0. The van der Waals surface area contributed by atoms with Crippen molar-refractivity contribution in [1.82, 2.24) is 0 Å². The van der Waals surface area contributed by atoms with Gasteiger partial charge >= 0.3 is 0 Å². The minimum absolute atomic E-state index is 0.0486. The van der Waals surface area contributed by atoms with Gasteiger partial charge in [-0.15, -0.1) is 0 Å². The van der Waals surface area contributed by atoms with Crippen LogP contribution in [-0.2, 0) is 23.7 Å². The second-order valence-electron chi connectivity index (χ2n) is 18.7. The first-order chi connectivity index (χ1) is 21.5. The van der Waals surface area contributed by atoms with Gasteiger partial charge in [-0.1, -0.05) is 34.6 Å². The van der Waals surface area contributed by atoms with Crippen molar-refractivity contribution in [1.29, 1.82) is 0 Å². The van der Waals surface area contributed by atoms with E-state index in [1.165, 1.54) is 12.8 Å². The fourth-order valence-corrected chi connectivity index (χ4v) is 14.4. The van der Waals surface area contributed by atoms with Crippen molar-refractivity contribution < 1.29 is 44.1 Å². The Balaban J connectivity index is 1.09. The summed E-state index contributed by atoms with van der Waals surface area (Å²) < 4.78 is 32.5. The molecule has 0 aromatic carbocycles. The molecule has 3 aliphatic heterocycles. The molecular weight excluding hydrogens is 588 g/mol. The number of ether oxygens (including phenoxy) is 5. The summed E-state index contributed by atoms with van der Waals surface area (Å²) in [6.45, 7) is 18.7. The molecule has 2 bridgehead atoms. The van der Waals surface area contributed by atoms with Gasteiger partial charge in [0.25, 0.3) is 0 Å². The molecular formula is C37H60O9. The molecule has 3 heterocycles. The zero-order valence-corrected chi connectivity index (χ0v) is 29.3. The minimum atomic E-state index is -1.28. The molecule has 8 rings (SSSR count). The lowest BCUT2D eigenvalue weighted by Crippen LogP contribution is -2.61. The van der Waals surface area contributed by atoms with Crippen molar-refractivity contribution in [2.24, 2.45) is 50.7 Å². The molecule has 262 valence electrons. The van der Waals surface area contributed by atoms with Crippen LogP contribution in [0, 0.1) is 50.7 Å². The van der Waals surface area contributed by atoms with Crippen molar-refractivity contribution in [2.75, 3.05) is 13.2 Å². The summed E-state index contributed by atoms with van der Waals surface area (Å²) in [4.78, 5) is 0. The maximum Gasteiger partial charge on any atom is 0.199 e. The van der Waals surface area contributed by atoms with Crippen molar-refractivity contribution in [3.05, 3.63) is 0 Å². The predicted octanol–water partition coefficient (Wildman–Crippen LogP) is 4.17. The Hall–Kier alpha value is -0.360. The van der Waals surface area contributed by atoms with Crippen LogP contribution in [0.25, 0.3) is 0 Å². The number of aliphatic hydroxyl groups is 4. The van der Waals surface area contributed by atoms with Crippen molar-refractivity contribution in [3.63, 3.8) is 0 Å². The van der Waals surface area contributed by atoms with Gasteiger partial charge in [0, 0.05) is 17.9 Å². The van der Waals surface area contributed by atoms with Crippen LogP contribution >= 0.6 is 0 Å². The van der Waals surface area contributed by atoms with Crippen LogP contribution in [0.15, 0.2) is 0 Å². The quantitative estimate of drug-likeness (QED) is 0.325. The van der Waals surface area contributed by atoms with E-state index < -0.39 is 42.1 Å². The lowest BCUT2D eigenvalue weighted by atomic mass is 9.41. The van der Waals surface area contributed by atoms with Gasteiger partial charge in [-0.05, 0) is 112 Å². The largest absolute Gasteiger partial charge is 0.388 e. The Bertz CT molecular complexity index is 1240. The average Bonchev–Trinajstić information content (AvgIpc) is 3.50. The van der Waals surface area contributed by atoms with Gasteiger partial charge in [-0.3, -0.25) is 0 Å². The Morgan fingerprint density at radius 2 is 1.57 bits per heavy atom. The van der Waals surface area contributed by atoms with E-state index in [1.54, 1.807) is 0 Å². The van der Waals surface area contributed by atoms with E-state index in [-0.39, 0.29) is 57.9 Å². The Morgan fingerprint density at radius 3 is 2.28 bits per heavy atom. The third kappa shape index (κ3) is 3.69. The number of fused-ring (bicyclic) bond motifs is 4. The summed E-state index contributed by atoms with van der Waals surface area (Å²) in [5.41, 5.74) is -0.714. The van der Waals surface area contributed by atoms with Gasteiger partial charge < -0.3 is 44.1 Å². The Kier molecular flexibility index (Phi) is 7.07. The number of aliphatic hydroxyl groups excluding tert-OH is 4. The lowest BCUT2D eigenvalue weighted by molar-refractivity contribution is -0.303. The molecule has 4 N–H and O–H groups in total. The molecule has 5 saturated carbocycles. The smallest absolute Gasteiger partial charge is 0.199 e. The highest BCUT2D eigenvalue weighted by atomic mass is 16.8. The number of rotatable bonds is 5. The molecule has 0 radical (unpaired) electrons.